The number of unbranched alkanes of at least 4 members (excludes halogenated alkanes) is 4. The zero-order chi connectivity index (χ0) is 16.2. The molecular formula is C19H43OP. The third-order valence-electron chi connectivity index (χ3n) is 4.82. The summed E-state index contributed by atoms with van der Waals surface area (Å²) >= 11 is 0. The van der Waals surface area contributed by atoms with Gasteiger partial charge in [-0.25, -0.2) is 0 Å². The zero-order valence-corrected chi connectivity index (χ0v) is 16.8. The van der Waals surface area contributed by atoms with Crippen molar-refractivity contribution in [3.63, 3.8) is 0 Å². The Morgan fingerprint density at radius 3 is 1.10 bits per heavy atom. The maximum absolute atomic E-state index is 6.96. The van der Waals surface area contributed by atoms with Crippen molar-refractivity contribution in [1.29, 1.82) is 0 Å². The summed E-state index contributed by atoms with van der Waals surface area (Å²) in [5.41, 5.74) is 0. The van der Waals surface area contributed by atoms with Crippen LogP contribution >= 0.6 is 6.83 Å². The standard InChI is InChI=1S/C19H43OP/c1-7-11-15-21(16-12-8-2,17-13-9-3,18-14-10-4)20-19(5)6/h19H,7-18H2,1-6H3. The quantitative estimate of drug-likeness (QED) is 0.311. The van der Waals surface area contributed by atoms with E-state index in [-0.39, 0.29) is 0 Å². The van der Waals surface area contributed by atoms with E-state index in [2.05, 4.69) is 41.5 Å². The molecule has 0 aliphatic heterocycles. The molecule has 0 aliphatic rings. The van der Waals surface area contributed by atoms with E-state index in [0.717, 1.165) is 0 Å². The summed E-state index contributed by atoms with van der Waals surface area (Å²) in [6.07, 6.45) is 16.6. The second kappa shape index (κ2) is 11.0. The molecule has 0 aromatic carbocycles. The normalized spacial score (nSPS) is 14.3. The predicted molar refractivity (Wildman–Crippen MR) is 102 cm³/mol. The van der Waals surface area contributed by atoms with E-state index in [1.54, 1.807) is 0 Å². The Labute approximate surface area is 135 Å². The van der Waals surface area contributed by atoms with E-state index < -0.39 is 6.83 Å². The molecule has 0 saturated heterocycles. The van der Waals surface area contributed by atoms with Gasteiger partial charge < -0.3 is 0 Å². The van der Waals surface area contributed by atoms with E-state index in [9.17, 15) is 0 Å². The molecule has 0 fully saturated rings. The number of hydrogen-bond donors (Lipinski definition) is 0. The summed E-state index contributed by atoms with van der Waals surface area (Å²) in [7, 11) is 0. The van der Waals surface area contributed by atoms with Gasteiger partial charge in [-0.3, -0.25) is 0 Å². The first-order valence-electron chi connectivity index (χ1n) is 9.67. The van der Waals surface area contributed by atoms with Gasteiger partial charge in [0, 0.05) is 0 Å². The van der Waals surface area contributed by atoms with Gasteiger partial charge >= 0.3 is 135 Å². The van der Waals surface area contributed by atoms with Gasteiger partial charge in [0.2, 0.25) is 0 Å². The van der Waals surface area contributed by atoms with Crippen LogP contribution in [0.3, 0.4) is 0 Å². The van der Waals surface area contributed by atoms with Gasteiger partial charge in [-0.05, 0) is 0 Å². The molecule has 130 valence electrons. The average molecular weight is 319 g/mol. The average Bonchev–Trinajstić information content (AvgIpc) is 2.47. The van der Waals surface area contributed by atoms with Gasteiger partial charge in [0.25, 0.3) is 0 Å². The Hall–Kier alpha value is 0.390. The summed E-state index contributed by atoms with van der Waals surface area (Å²) in [4.78, 5) is 0. The molecule has 0 atom stereocenters. The van der Waals surface area contributed by atoms with E-state index in [4.69, 9.17) is 4.52 Å². The van der Waals surface area contributed by atoms with Crippen molar-refractivity contribution in [3.8, 4) is 0 Å². The Balaban J connectivity index is 5.44. The molecule has 0 radical (unpaired) electrons. The van der Waals surface area contributed by atoms with Crippen LogP contribution in [0.25, 0.3) is 0 Å². The van der Waals surface area contributed by atoms with Gasteiger partial charge in [-0.2, -0.15) is 0 Å². The first-order valence-corrected chi connectivity index (χ1v) is 12.6. The summed E-state index contributed by atoms with van der Waals surface area (Å²) in [5.74, 6) is 0. The van der Waals surface area contributed by atoms with E-state index >= 15 is 0 Å². The first kappa shape index (κ1) is 21.4. The van der Waals surface area contributed by atoms with Gasteiger partial charge in [0.1, 0.15) is 0 Å². The van der Waals surface area contributed by atoms with Crippen LogP contribution in [0.5, 0.6) is 0 Å². The fourth-order valence-electron chi connectivity index (χ4n) is 3.71. The van der Waals surface area contributed by atoms with Gasteiger partial charge in [-0.15, -0.1) is 0 Å². The minimum atomic E-state index is -1.98. The fourth-order valence-corrected chi connectivity index (χ4v) is 11.1. The van der Waals surface area contributed by atoms with E-state index in [1.807, 2.05) is 0 Å². The van der Waals surface area contributed by atoms with Crippen LogP contribution in [0, 0.1) is 0 Å². The molecule has 0 bridgehead atoms. The number of hydrogen-bond acceptors (Lipinski definition) is 1. The Morgan fingerprint density at radius 1 is 0.619 bits per heavy atom. The molecule has 0 N–H and O–H groups in total. The van der Waals surface area contributed by atoms with Crippen LogP contribution in [0.15, 0.2) is 0 Å². The van der Waals surface area contributed by atoms with Crippen molar-refractivity contribution in [3.05, 3.63) is 0 Å². The molecule has 1 nitrogen and oxygen atoms in total. The van der Waals surface area contributed by atoms with Crippen LogP contribution < -0.4 is 0 Å². The first-order chi connectivity index (χ1) is 9.97. The molecule has 0 unspecified atom stereocenters. The van der Waals surface area contributed by atoms with Crippen molar-refractivity contribution in [2.24, 2.45) is 0 Å². The second-order valence-electron chi connectivity index (χ2n) is 7.32. The molecule has 2 heteroatoms. The monoisotopic (exact) mass is 318 g/mol. The molecule has 0 spiro atoms. The van der Waals surface area contributed by atoms with Crippen LogP contribution in [-0.4, -0.2) is 30.8 Å². The molecule has 0 saturated carbocycles. The van der Waals surface area contributed by atoms with Gasteiger partial charge in [0.05, 0.1) is 0 Å². The van der Waals surface area contributed by atoms with Crippen molar-refractivity contribution in [1.82, 2.24) is 0 Å². The van der Waals surface area contributed by atoms with Gasteiger partial charge in [0.15, 0.2) is 0 Å². The SMILES string of the molecule is CCCCP(CCCC)(CCCC)(CCCC)OC(C)C. The van der Waals surface area contributed by atoms with Gasteiger partial charge in [-0.1, -0.05) is 0 Å². The van der Waals surface area contributed by atoms with Crippen LogP contribution in [0.2, 0.25) is 0 Å². The molecule has 0 aliphatic carbocycles. The third-order valence-corrected chi connectivity index (χ3v) is 11.6. The second-order valence-corrected chi connectivity index (χ2v) is 13.0. The summed E-state index contributed by atoms with van der Waals surface area (Å²) in [6, 6.07) is 0. The summed E-state index contributed by atoms with van der Waals surface area (Å²) in [6.45, 7) is 11.9. The molecule has 0 heterocycles. The Bertz CT molecular complexity index is 206. The molecule has 0 rings (SSSR count). The van der Waals surface area contributed by atoms with Crippen LogP contribution in [0.1, 0.15) is 92.9 Å². The summed E-state index contributed by atoms with van der Waals surface area (Å²) in [5, 5.41) is 0. The van der Waals surface area contributed by atoms with Crippen molar-refractivity contribution in [2.75, 3.05) is 24.6 Å². The molecule has 0 aromatic rings. The maximum atomic E-state index is 6.96. The van der Waals surface area contributed by atoms with Crippen LogP contribution in [0.4, 0.5) is 0 Å². The topological polar surface area (TPSA) is 9.23 Å². The van der Waals surface area contributed by atoms with Crippen LogP contribution in [-0.2, 0) is 4.52 Å². The molecule has 0 amide bonds. The van der Waals surface area contributed by atoms with Crippen molar-refractivity contribution >= 4 is 6.83 Å². The molecule has 21 heavy (non-hydrogen) atoms. The fraction of sp³-hybridized carbons (Fsp3) is 1.00. The van der Waals surface area contributed by atoms with E-state index in [1.165, 1.54) is 76.0 Å². The molecule has 0 aromatic heterocycles. The predicted octanol–water partition coefficient (Wildman–Crippen LogP) is 7.08. The molecular weight excluding hydrogens is 275 g/mol. The minimum absolute atomic E-state index is 0.394. The third kappa shape index (κ3) is 7.47. The zero-order valence-electron chi connectivity index (χ0n) is 15.9. The number of rotatable bonds is 14. The Morgan fingerprint density at radius 2 is 0.905 bits per heavy atom. The van der Waals surface area contributed by atoms with Crippen molar-refractivity contribution in [2.45, 2.75) is 99.0 Å². The Kier molecular flexibility index (Phi) is 11.2. The van der Waals surface area contributed by atoms with E-state index in [0.29, 0.717) is 6.10 Å². The summed E-state index contributed by atoms with van der Waals surface area (Å²) < 4.78 is 6.96. The van der Waals surface area contributed by atoms with Crippen molar-refractivity contribution < 1.29 is 4.52 Å².